The van der Waals surface area contributed by atoms with Gasteiger partial charge >= 0.3 is 0 Å². The maximum absolute atomic E-state index is 2.27. The second-order valence-corrected chi connectivity index (χ2v) is 3.73. The van der Waals surface area contributed by atoms with Crippen LogP contribution in [0.1, 0.15) is 6.42 Å². The van der Waals surface area contributed by atoms with E-state index >= 15 is 0 Å². The van der Waals surface area contributed by atoms with E-state index in [4.69, 9.17) is 0 Å². The molecule has 2 aliphatic rings. The summed E-state index contributed by atoms with van der Waals surface area (Å²) in [6.45, 7) is 0.437. The van der Waals surface area contributed by atoms with Crippen molar-refractivity contribution in [3.63, 3.8) is 0 Å². The van der Waals surface area contributed by atoms with E-state index < -0.39 is 0 Å². The third-order valence-electron chi connectivity index (χ3n) is 2.55. The van der Waals surface area contributed by atoms with E-state index in [0.717, 1.165) is 6.42 Å². The Kier molecular flexibility index (Phi) is 2.23. The molecule has 0 saturated heterocycles. The second kappa shape index (κ2) is 3.39. The molecule has 0 fully saturated rings. The molecular formula is C11H14BN. The molecule has 0 atom stereocenters. The molecule has 0 aromatic heterocycles. The van der Waals surface area contributed by atoms with Crippen LogP contribution in [0.3, 0.4) is 0 Å². The van der Waals surface area contributed by atoms with Gasteiger partial charge in [0.05, 0.1) is 0 Å². The van der Waals surface area contributed by atoms with Crippen molar-refractivity contribution < 1.29 is 0 Å². The molecular weight excluding hydrogens is 157 g/mol. The zero-order valence-corrected chi connectivity index (χ0v) is 8.20. The molecule has 2 rings (SSSR count). The van der Waals surface area contributed by atoms with E-state index in [9.17, 15) is 0 Å². The third-order valence-corrected chi connectivity index (χ3v) is 2.55. The predicted octanol–water partition coefficient (Wildman–Crippen LogP) is 2.00. The van der Waals surface area contributed by atoms with Gasteiger partial charge in [-0.2, -0.15) is 0 Å². The maximum atomic E-state index is 2.27. The average Bonchev–Trinajstić information content (AvgIpc) is 2.44. The van der Waals surface area contributed by atoms with Gasteiger partial charge in [-0.05, 0) is 31.7 Å². The van der Waals surface area contributed by atoms with E-state index in [-0.39, 0.29) is 0 Å². The predicted molar refractivity (Wildman–Crippen MR) is 58.5 cm³/mol. The van der Waals surface area contributed by atoms with E-state index in [1.165, 1.54) is 11.1 Å². The van der Waals surface area contributed by atoms with E-state index in [2.05, 4.69) is 55.2 Å². The van der Waals surface area contributed by atoms with Gasteiger partial charge in [-0.1, -0.05) is 36.3 Å². The molecule has 0 bridgehead atoms. The first-order valence-corrected chi connectivity index (χ1v) is 4.71. The lowest BCUT2D eigenvalue weighted by Crippen LogP contribution is -2.28. The lowest BCUT2D eigenvalue weighted by molar-refractivity contribution is 0.656. The monoisotopic (exact) mass is 171 g/mol. The fourth-order valence-electron chi connectivity index (χ4n) is 1.69. The van der Waals surface area contributed by atoms with Crippen LogP contribution in [0.2, 0.25) is 0 Å². The van der Waals surface area contributed by atoms with Gasteiger partial charge in [0.2, 0.25) is 0 Å². The van der Waals surface area contributed by atoms with Crippen molar-refractivity contribution in [1.82, 2.24) is 4.81 Å². The van der Waals surface area contributed by atoms with Crippen molar-refractivity contribution in [2.24, 2.45) is 0 Å². The number of nitrogens with zero attached hydrogens (tertiary/aromatic N) is 1. The Hall–Kier alpha value is -1.02. The van der Waals surface area contributed by atoms with Gasteiger partial charge in [-0.25, -0.2) is 0 Å². The summed E-state index contributed by atoms with van der Waals surface area (Å²) in [5, 5.41) is 0. The Labute approximate surface area is 80.2 Å². The van der Waals surface area contributed by atoms with E-state index in [1.807, 2.05) is 0 Å². The second-order valence-electron chi connectivity index (χ2n) is 3.73. The molecule has 0 aromatic carbocycles. The molecule has 0 N–H and O–H groups in total. The fraction of sp³-hybridized carbons (Fsp3) is 0.273. The molecule has 0 amide bonds. The first-order valence-electron chi connectivity index (χ1n) is 4.71. The molecule has 1 heterocycles. The molecule has 1 aliphatic heterocycles. The van der Waals surface area contributed by atoms with E-state index in [1.54, 1.807) is 0 Å². The molecule has 0 aromatic rings. The fourth-order valence-corrected chi connectivity index (χ4v) is 1.69. The van der Waals surface area contributed by atoms with Crippen LogP contribution in [-0.2, 0) is 0 Å². The number of hydrogen-bond acceptors (Lipinski definition) is 1. The van der Waals surface area contributed by atoms with Crippen LogP contribution in [0.4, 0.5) is 0 Å². The van der Waals surface area contributed by atoms with Crippen LogP contribution >= 0.6 is 0 Å². The standard InChI is InChI=1S/C11H14BN/c1-13(2)12-8-6-10-4-3-5-11(10)7-9-12/h4-9H,3H2,1-2H3. The summed E-state index contributed by atoms with van der Waals surface area (Å²) >= 11 is 0. The zero-order chi connectivity index (χ0) is 9.26. The van der Waals surface area contributed by atoms with Crippen LogP contribution in [0.15, 0.2) is 47.4 Å². The van der Waals surface area contributed by atoms with Crippen molar-refractivity contribution in [3.8, 4) is 0 Å². The van der Waals surface area contributed by atoms with Crippen LogP contribution < -0.4 is 0 Å². The Bertz CT molecular complexity index is 293. The highest BCUT2D eigenvalue weighted by molar-refractivity contribution is 6.66. The van der Waals surface area contributed by atoms with Crippen molar-refractivity contribution in [3.05, 3.63) is 47.4 Å². The average molecular weight is 171 g/mol. The molecule has 1 aliphatic carbocycles. The molecule has 0 unspecified atom stereocenters. The Balaban J connectivity index is 2.27. The topological polar surface area (TPSA) is 3.24 Å². The van der Waals surface area contributed by atoms with E-state index in [0.29, 0.717) is 6.85 Å². The first kappa shape index (κ1) is 8.58. The number of rotatable bonds is 1. The summed E-state index contributed by atoms with van der Waals surface area (Å²) in [6, 6.07) is 0. The summed E-state index contributed by atoms with van der Waals surface area (Å²) in [5.41, 5.74) is 2.75. The van der Waals surface area contributed by atoms with Gasteiger partial charge in [-0.15, -0.1) is 0 Å². The van der Waals surface area contributed by atoms with Gasteiger partial charge < -0.3 is 4.81 Å². The number of hydrogen-bond donors (Lipinski definition) is 0. The first-order chi connectivity index (χ1) is 6.27. The minimum absolute atomic E-state index is 0.437. The van der Waals surface area contributed by atoms with Crippen LogP contribution in [0, 0.1) is 0 Å². The summed E-state index contributed by atoms with van der Waals surface area (Å²) in [7, 11) is 4.20. The SMILES string of the molecule is CN(C)B1C=CC2=CCC=C2C=C1. The summed E-state index contributed by atoms with van der Waals surface area (Å²) < 4.78 is 0. The van der Waals surface area contributed by atoms with Crippen molar-refractivity contribution >= 4 is 6.85 Å². The summed E-state index contributed by atoms with van der Waals surface area (Å²) in [4.78, 5) is 2.20. The molecule has 0 spiro atoms. The Morgan fingerprint density at radius 3 is 2.08 bits per heavy atom. The third kappa shape index (κ3) is 1.68. The Morgan fingerprint density at radius 2 is 1.62 bits per heavy atom. The van der Waals surface area contributed by atoms with Crippen LogP contribution in [0.25, 0.3) is 0 Å². The number of allylic oxidation sites excluding steroid dienone is 6. The molecule has 13 heavy (non-hydrogen) atoms. The summed E-state index contributed by atoms with van der Waals surface area (Å²) in [6.07, 6.45) is 10.1. The van der Waals surface area contributed by atoms with Gasteiger partial charge in [0.1, 0.15) is 0 Å². The van der Waals surface area contributed by atoms with Crippen LogP contribution in [0.5, 0.6) is 0 Å². The van der Waals surface area contributed by atoms with Crippen molar-refractivity contribution in [2.75, 3.05) is 14.1 Å². The quantitative estimate of drug-likeness (QED) is 0.545. The minimum Gasteiger partial charge on any atom is -0.340 e. The van der Waals surface area contributed by atoms with Gasteiger partial charge in [-0.3, -0.25) is 0 Å². The summed E-state index contributed by atoms with van der Waals surface area (Å²) in [5.74, 6) is 4.49. The number of fused-ring (bicyclic) bond motifs is 1. The highest BCUT2D eigenvalue weighted by Gasteiger charge is 2.14. The molecule has 1 nitrogen and oxygen atoms in total. The molecule has 2 heteroatoms. The molecule has 0 saturated carbocycles. The van der Waals surface area contributed by atoms with Gasteiger partial charge in [0.25, 0.3) is 6.85 Å². The largest absolute Gasteiger partial charge is 0.340 e. The normalized spacial score (nSPS) is 20.1. The zero-order valence-electron chi connectivity index (χ0n) is 8.20. The minimum atomic E-state index is 0.437. The highest BCUT2D eigenvalue weighted by atomic mass is 15.0. The van der Waals surface area contributed by atoms with Crippen molar-refractivity contribution in [1.29, 1.82) is 0 Å². The van der Waals surface area contributed by atoms with Crippen LogP contribution in [-0.4, -0.2) is 25.8 Å². The maximum Gasteiger partial charge on any atom is 0.276 e. The van der Waals surface area contributed by atoms with Gasteiger partial charge in [0, 0.05) is 0 Å². The molecule has 0 radical (unpaired) electrons. The lowest BCUT2D eigenvalue weighted by atomic mass is 9.61. The Morgan fingerprint density at radius 1 is 1.08 bits per heavy atom. The smallest absolute Gasteiger partial charge is 0.276 e. The van der Waals surface area contributed by atoms with Gasteiger partial charge in [0.15, 0.2) is 0 Å². The highest BCUT2D eigenvalue weighted by Crippen LogP contribution is 2.23. The van der Waals surface area contributed by atoms with Crippen molar-refractivity contribution in [2.45, 2.75) is 6.42 Å². The lowest BCUT2D eigenvalue weighted by Gasteiger charge is -2.11. The molecule has 66 valence electrons.